The van der Waals surface area contributed by atoms with Crippen molar-refractivity contribution in [3.63, 3.8) is 0 Å². The Hall–Kier alpha value is -2.32. The van der Waals surface area contributed by atoms with E-state index in [0.29, 0.717) is 24.7 Å². The molecule has 3 rings (SSSR count). The topological polar surface area (TPSA) is 84.4 Å². The molecule has 0 radical (unpaired) electrons. The lowest BCUT2D eigenvalue weighted by Gasteiger charge is -2.16. The van der Waals surface area contributed by atoms with Crippen molar-refractivity contribution in [3.05, 3.63) is 34.8 Å². The highest BCUT2D eigenvalue weighted by Crippen LogP contribution is 2.34. The summed E-state index contributed by atoms with van der Waals surface area (Å²) in [6, 6.07) is 7.89. The van der Waals surface area contributed by atoms with Crippen molar-refractivity contribution >= 4 is 34.0 Å². The number of carbonyl (C=O) groups is 2. The minimum absolute atomic E-state index is 0.00543. The molecule has 1 aliphatic heterocycles. The number of nitrogens with zero attached hydrogens (tertiary/aromatic N) is 3. The number of rotatable bonds is 6. The lowest BCUT2D eigenvalue weighted by molar-refractivity contribution is -0.120. The van der Waals surface area contributed by atoms with Gasteiger partial charge in [-0.15, -0.1) is 10.2 Å². The van der Waals surface area contributed by atoms with Gasteiger partial charge in [-0.05, 0) is 26.0 Å². The molecule has 0 saturated carbocycles. The number of nitrogens with one attached hydrogen (secondary N) is 1. The van der Waals surface area contributed by atoms with E-state index in [-0.39, 0.29) is 24.3 Å². The van der Waals surface area contributed by atoms with Crippen LogP contribution in [-0.4, -0.2) is 41.8 Å². The third-order valence-electron chi connectivity index (χ3n) is 3.94. The van der Waals surface area contributed by atoms with Crippen LogP contribution >= 0.6 is 11.3 Å². The summed E-state index contributed by atoms with van der Waals surface area (Å²) >= 11 is 1.31. The van der Waals surface area contributed by atoms with Crippen molar-refractivity contribution < 1.29 is 14.3 Å². The Kier molecular flexibility index (Phi) is 5.40. The number of hydrogen-bond donors (Lipinski definition) is 1. The van der Waals surface area contributed by atoms with Gasteiger partial charge in [0.15, 0.2) is 0 Å². The summed E-state index contributed by atoms with van der Waals surface area (Å²) < 4.78 is 5.05. The van der Waals surface area contributed by atoms with Crippen molar-refractivity contribution in [1.82, 2.24) is 10.2 Å². The van der Waals surface area contributed by atoms with Crippen molar-refractivity contribution in [3.8, 4) is 0 Å². The molecule has 1 unspecified atom stereocenters. The van der Waals surface area contributed by atoms with E-state index in [4.69, 9.17) is 4.74 Å². The fraction of sp³-hybridized carbons (Fsp3) is 0.412. The van der Waals surface area contributed by atoms with Gasteiger partial charge in [-0.25, -0.2) is 0 Å². The molecule has 1 atom stereocenters. The van der Waals surface area contributed by atoms with Crippen molar-refractivity contribution in [2.24, 2.45) is 0 Å². The van der Waals surface area contributed by atoms with Crippen LogP contribution in [0.15, 0.2) is 24.3 Å². The molecule has 1 saturated heterocycles. The summed E-state index contributed by atoms with van der Waals surface area (Å²) in [5.41, 5.74) is 2.05. The maximum Gasteiger partial charge on any atom is 0.252 e. The molecule has 2 amide bonds. The van der Waals surface area contributed by atoms with Crippen LogP contribution in [0.4, 0.5) is 10.8 Å². The molecule has 25 heavy (non-hydrogen) atoms. The van der Waals surface area contributed by atoms with Crippen molar-refractivity contribution in [1.29, 1.82) is 0 Å². The first-order valence-electron chi connectivity index (χ1n) is 8.15. The standard InChI is InChI=1S/C17H20N4O3S/c1-3-24-10-14(22)18-17-20-19-16(25-17)12-8-15(23)21(9-12)13-6-4-11(2)5-7-13/h4-7,12H,3,8-10H2,1-2H3,(H,18,20,22). The van der Waals surface area contributed by atoms with Crippen LogP contribution in [0.2, 0.25) is 0 Å². The Morgan fingerprint density at radius 3 is 2.84 bits per heavy atom. The van der Waals surface area contributed by atoms with Gasteiger partial charge >= 0.3 is 0 Å². The Bertz CT molecular complexity index is 760. The van der Waals surface area contributed by atoms with Crippen LogP contribution in [0.1, 0.15) is 29.8 Å². The second kappa shape index (κ2) is 7.71. The third kappa shape index (κ3) is 4.21. The Labute approximate surface area is 150 Å². The Morgan fingerprint density at radius 1 is 1.36 bits per heavy atom. The minimum atomic E-state index is -0.256. The quantitative estimate of drug-likeness (QED) is 0.855. The molecule has 0 bridgehead atoms. The number of hydrogen-bond acceptors (Lipinski definition) is 6. The van der Waals surface area contributed by atoms with Gasteiger partial charge in [-0.3, -0.25) is 14.9 Å². The summed E-state index contributed by atoms with van der Waals surface area (Å²) in [4.78, 5) is 25.8. The molecule has 1 aromatic heterocycles. The van der Waals surface area contributed by atoms with Crippen LogP contribution in [0.5, 0.6) is 0 Å². The van der Waals surface area contributed by atoms with E-state index in [1.165, 1.54) is 11.3 Å². The van der Waals surface area contributed by atoms with Gasteiger partial charge < -0.3 is 9.64 Å². The maximum atomic E-state index is 12.3. The largest absolute Gasteiger partial charge is 0.372 e. The average Bonchev–Trinajstić information content (AvgIpc) is 3.20. The molecule has 1 aromatic carbocycles. The van der Waals surface area contributed by atoms with Gasteiger partial charge in [0.05, 0.1) is 0 Å². The second-order valence-corrected chi connectivity index (χ2v) is 6.88. The first-order chi connectivity index (χ1) is 12.1. The number of carbonyl (C=O) groups excluding carboxylic acids is 2. The van der Waals surface area contributed by atoms with E-state index < -0.39 is 0 Å². The molecule has 0 spiro atoms. The van der Waals surface area contributed by atoms with Gasteiger partial charge in [0.1, 0.15) is 11.6 Å². The van der Waals surface area contributed by atoms with Crippen LogP contribution in [0, 0.1) is 6.92 Å². The van der Waals surface area contributed by atoms with Crippen LogP contribution < -0.4 is 10.2 Å². The second-order valence-electron chi connectivity index (χ2n) is 5.87. The van der Waals surface area contributed by atoms with Gasteiger partial charge in [0, 0.05) is 31.2 Å². The highest BCUT2D eigenvalue weighted by Gasteiger charge is 2.33. The fourth-order valence-corrected chi connectivity index (χ4v) is 3.50. The van der Waals surface area contributed by atoms with E-state index in [1.54, 1.807) is 4.90 Å². The van der Waals surface area contributed by atoms with E-state index in [9.17, 15) is 9.59 Å². The average molecular weight is 360 g/mol. The Balaban J connectivity index is 1.64. The van der Waals surface area contributed by atoms with E-state index in [2.05, 4.69) is 15.5 Å². The SMILES string of the molecule is CCOCC(=O)Nc1nnc(C2CC(=O)N(c3ccc(C)cc3)C2)s1. The highest BCUT2D eigenvalue weighted by molar-refractivity contribution is 7.15. The van der Waals surface area contributed by atoms with Crippen LogP contribution in [0.3, 0.4) is 0 Å². The van der Waals surface area contributed by atoms with Crippen LogP contribution in [0.25, 0.3) is 0 Å². The van der Waals surface area contributed by atoms with Crippen molar-refractivity contribution in [2.45, 2.75) is 26.2 Å². The summed E-state index contributed by atoms with van der Waals surface area (Å²) in [6.07, 6.45) is 0.398. The molecule has 8 heteroatoms. The van der Waals surface area contributed by atoms with Crippen molar-refractivity contribution in [2.75, 3.05) is 30.0 Å². The van der Waals surface area contributed by atoms with E-state index in [0.717, 1.165) is 16.3 Å². The zero-order valence-electron chi connectivity index (χ0n) is 14.2. The maximum absolute atomic E-state index is 12.3. The predicted molar refractivity (Wildman–Crippen MR) is 95.9 cm³/mol. The molecule has 132 valence electrons. The number of amides is 2. The molecule has 1 aliphatic rings. The number of benzene rings is 1. The number of anilines is 2. The lowest BCUT2D eigenvalue weighted by atomic mass is 10.1. The van der Waals surface area contributed by atoms with Crippen LogP contribution in [-0.2, 0) is 14.3 Å². The molecule has 1 fully saturated rings. The molecule has 7 nitrogen and oxygen atoms in total. The molecular weight excluding hydrogens is 340 g/mol. The predicted octanol–water partition coefficient (Wildman–Crippen LogP) is 2.34. The zero-order valence-corrected chi connectivity index (χ0v) is 15.0. The molecule has 2 aromatic rings. The van der Waals surface area contributed by atoms with Gasteiger partial charge in [0.2, 0.25) is 11.0 Å². The first-order valence-corrected chi connectivity index (χ1v) is 8.96. The fourth-order valence-electron chi connectivity index (χ4n) is 2.65. The summed E-state index contributed by atoms with van der Waals surface area (Å²) in [6.45, 7) is 4.89. The van der Waals surface area contributed by atoms with E-state index in [1.807, 2.05) is 38.1 Å². The lowest BCUT2D eigenvalue weighted by Crippen LogP contribution is -2.24. The smallest absolute Gasteiger partial charge is 0.252 e. The number of aryl methyl sites for hydroxylation is 1. The number of aromatic nitrogens is 2. The highest BCUT2D eigenvalue weighted by atomic mass is 32.1. The molecular formula is C17H20N4O3S. The Morgan fingerprint density at radius 2 is 2.12 bits per heavy atom. The minimum Gasteiger partial charge on any atom is -0.372 e. The number of ether oxygens (including phenoxy) is 1. The molecule has 1 N–H and O–H groups in total. The zero-order chi connectivity index (χ0) is 17.8. The normalized spacial score (nSPS) is 17.1. The molecule has 0 aliphatic carbocycles. The third-order valence-corrected chi connectivity index (χ3v) is 4.95. The summed E-state index contributed by atoms with van der Waals surface area (Å²) in [5.74, 6) is -0.192. The van der Waals surface area contributed by atoms with Gasteiger partial charge in [0.25, 0.3) is 5.91 Å². The van der Waals surface area contributed by atoms with Gasteiger partial charge in [-0.1, -0.05) is 29.0 Å². The molecule has 2 heterocycles. The summed E-state index contributed by atoms with van der Waals surface area (Å²) in [5, 5.41) is 12.0. The monoisotopic (exact) mass is 360 g/mol. The summed E-state index contributed by atoms with van der Waals surface area (Å²) in [7, 11) is 0. The van der Waals surface area contributed by atoms with E-state index >= 15 is 0 Å². The first kappa shape index (κ1) is 17.5. The van der Waals surface area contributed by atoms with Gasteiger partial charge in [-0.2, -0.15) is 0 Å².